The summed E-state index contributed by atoms with van der Waals surface area (Å²) in [5, 5.41) is -0.123. The highest BCUT2D eigenvalue weighted by Crippen LogP contribution is 2.30. The molecule has 0 amide bonds. The molecule has 0 radical (unpaired) electrons. The number of hydrogen-bond acceptors (Lipinski definition) is 9. The average molecular weight is 559 g/mol. The van der Waals surface area contributed by atoms with Gasteiger partial charge in [0.05, 0.1) is 10.0 Å². The Balaban J connectivity index is 1.85. The average Bonchev–Trinajstić information content (AvgIpc) is 2.65. The van der Waals surface area contributed by atoms with Crippen molar-refractivity contribution in [1.29, 1.82) is 0 Å². The van der Waals surface area contributed by atoms with Crippen molar-refractivity contribution in [3.8, 4) is 0 Å². The molecule has 0 aliphatic heterocycles. The number of benzene rings is 2. The zero-order valence-electron chi connectivity index (χ0n) is 14.3. The molecular weight excluding hydrogens is 549 g/mol. The smallest absolute Gasteiger partial charge is 0.232 e. The molecule has 2 aromatic carbocycles. The van der Waals surface area contributed by atoms with Crippen molar-refractivity contribution in [3.05, 3.63) is 56.5 Å². The maximum Gasteiger partial charge on any atom is 0.702 e. The highest BCUT2D eigenvalue weighted by atomic mass is 35.5. The van der Waals surface area contributed by atoms with Crippen LogP contribution in [0.2, 0.25) is 20.1 Å². The molecule has 0 N–H and O–H groups in total. The molecule has 2 rings (SSSR count). The molecule has 30 heavy (non-hydrogen) atoms. The summed E-state index contributed by atoms with van der Waals surface area (Å²) in [6.07, 6.45) is 0. The van der Waals surface area contributed by atoms with Crippen LogP contribution in [0.25, 0.3) is 0 Å². The van der Waals surface area contributed by atoms with Crippen LogP contribution in [-0.4, -0.2) is 30.4 Å². The van der Waals surface area contributed by atoms with E-state index < -0.39 is 51.9 Å². The van der Waals surface area contributed by atoms with Crippen molar-refractivity contribution in [2.45, 2.75) is 9.79 Å². The van der Waals surface area contributed by atoms with Crippen LogP contribution >= 0.6 is 54.7 Å². The van der Waals surface area contributed by atoms with E-state index in [1.54, 1.807) is 0 Å². The molecule has 16 heteroatoms. The van der Waals surface area contributed by atoms with Gasteiger partial charge in [0.1, 0.15) is 9.79 Å². The lowest BCUT2D eigenvalue weighted by atomic mass is 10.4. The van der Waals surface area contributed by atoms with Gasteiger partial charge in [0.25, 0.3) is 0 Å². The summed E-state index contributed by atoms with van der Waals surface area (Å²) in [6, 6.07) is 7.33. The molecule has 0 aromatic heterocycles. The van der Waals surface area contributed by atoms with E-state index in [2.05, 4.69) is 17.4 Å². The second-order valence-electron chi connectivity index (χ2n) is 5.01. The Labute approximate surface area is 192 Å². The van der Waals surface area contributed by atoms with E-state index in [0.29, 0.717) is 0 Å². The molecule has 0 heterocycles. The van der Waals surface area contributed by atoms with Crippen LogP contribution in [0.1, 0.15) is 0 Å². The first-order valence-electron chi connectivity index (χ1n) is 7.34. The molecule has 9 nitrogen and oxygen atoms in total. The molecule has 0 fully saturated rings. The van der Waals surface area contributed by atoms with E-state index in [1.807, 2.05) is 0 Å². The second-order valence-corrected chi connectivity index (χ2v) is 10.8. The van der Waals surface area contributed by atoms with Crippen molar-refractivity contribution >= 4 is 74.9 Å². The lowest BCUT2D eigenvalue weighted by Crippen LogP contribution is -2.10. The molecule has 0 saturated heterocycles. The maximum atomic E-state index is 12.0. The first kappa shape index (κ1) is 25.7. The lowest BCUT2D eigenvalue weighted by molar-refractivity contribution is 0.0754. The molecule has 2 aromatic rings. The van der Waals surface area contributed by atoms with E-state index >= 15 is 0 Å². The van der Waals surface area contributed by atoms with E-state index in [0.717, 1.165) is 12.1 Å². The van der Waals surface area contributed by atoms with Gasteiger partial charge < -0.3 is 0 Å². The minimum atomic E-state index is -4.38. The second kappa shape index (κ2) is 10.8. The molecule has 0 aliphatic carbocycles. The van der Waals surface area contributed by atoms with Gasteiger partial charge in [-0.05, 0) is 36.4 Å². The zero-order chi connectivity index (χ0) is 22.5. The monoisotopic (exact) mass is 557 g/mol. The third-order valence-corrected chi connectivity index (χ3v) is 7.60. The fourth-order valence-corrected chi connectivity index (χ4v) is 5.29. The summed E-state index contributed by atoms with van der Waals surface area (Å²) in [5.41, 5.74) is 0. The topological polar surface area (TPSA) is 122 Å². The van der Waals surface area contributed by atoms with Gasteiger partial charge >= 0.3 is 28.5 Å². The highest BCUT2D eigenvalue weighted by molar-refractivity contribution is 7.87. The van der Waals surface area contributed by atoms with E-state index in [1.165, 1.54) is 24.3 Å². The summed E-state index contributed by atoms with van der Waals surface area (Å²) < 4.78 is 77.8. The number of hydrogen-bond donors (Lipinski definition) is 0. The third-order valence-electron chi connectivity index (χ3n) is 3.05. The lowest BCUT2D eigenvalue weighted by Gasteiger charge is -2.06. The summed E-state index contributed by atoms with van der Waals surface area (Å²) in [4.78, 5) is -0.853. The minimum absolute atomic E-state index is 0.0927. The molecule has 164 valence electrons. The van der Waals surface area contributed by atoms with Crippen molar-refractivity contribution in [3.63, 3.8) is 0 Å². The first-order valence-corrected chi connectivity index (χ1v) is 12.8. The van der Waals surface area contributed by atoms with Gasteiger partial charge in [-0.3, -0.25) is 0 Å². The van der Waals surface area contributed by atoms with Crippen LogP contribution in [0, 0.1) is 0 Å². The summed E-state index contributed by atoms with van der Waals surface area (Å²) >= 11 is 23.0. The maximum absolute atomic E-state index is 12.0. The van der Waals surface area contributed by atoms with E-state index in [4.69, 9.17) is 46.4 Å². The van der Waals surface area contributed by atoms with Crippen molar-refractivity contribution in [2.75, 3.05) is 13.6 Å². The summed E-state index contributed by atoms with van der Waals surface area (Å²) in [5.74, 6) is 0. The number of rotatable bonds is 10. The molecule has 0 spiro atoms. The van der Waals surface area contributed by atoms with Crippen molar-refractivity contribution in [2.24, 2.45) is 0 Å². The molecule has 0 unspecified atom stereocenters. The Bertz CT molecular complexity index is 1070. The quantitative estimate of drug-likeness (QED) is 0.225. The van der Waals surface area contributed by atoms with Gasteiger partial charge in [-0.1, -0.05) is 55.5 Å². The van der Waals surface area contributed by atoms with E-state index in [-0.39, 0.29) is 20.1 Å². The number of halogens is 4. The molecule has 0 atom stereocenters. The van der Waals surface area contributed by atoms with Crippen LogP contribution < -0.4 is 0 Å². The minimum Gasteiger partial charge on any atom is -0.232 e. The summed E-state index contributed by atoms with van der Waals surface area (Å²) in [6.45, 7) is -2.04. The Morgan fingerprint density at radius 1 is 0.700 bits per heavy atom. The van der Waals surface area contributed by atoms with Gasteiger partial charge in [-0.15, -0.1) is 0 Å². The standard InChI is InChI=1S/C14H10Cl4O9PS2/c15-9-1-3-11(17)13(5-9)29(20,21)26-7-24-28(19)25-8-27-30(22,23)14-6-10(16)2-4-12(14)18/h1-6H,7-8H2/q+1. The Hall–Kier alpha value is -0.560. The molecular formula is C14H10Cl4O9PS2+. The Morgan fingerprint density at radius 3 is 1.43 bits per heavy atom. The largest absolute Gasteiger partial charge is 0.702 e. The molecule has 0 saturated carbocycles. The van der Waals surface area contributed by atoms with Crippen molar-refractivity contribution in [1.82, 2.24) is 0 Å². The van der Waals surface area contributed by atoms with Crippen molar-refractivity contribution < 1.29 is 38.8 Å². The van der Waals surface area contributed by atoms with Crippen LogP contribution in [-0.2, 0) is 42.2 Å². The van der Waals surface area contributed by atoms with Crippen LogP contribution in [0.4, 0.5) is 0 Å². The van der Waals surface area contributed by atoms with Gasteiger partial charge in [-0.25, -0.2) is 8.37 Å². The predicted molar refractivity (Wildman–Crippen MR) is 109 cm³/mol. The SMILES string of the molecule is O=[P+](OCOS(=O)(=O)c1cc(Cl)ccc1Cl)OCOS(=O)(=O)c1cc(Cl)ccc1Cl. The van der Waals surface area contributed by atoms with Crippen LogP contribution in [0.3, 0.4) is 0 Å². The Kier molecular flexibility index (Phi) is 9.29. The fourth-order valence-electron chi connectivity index (χ4n) is 1.76. The molecule has 0 bridgehead atoms. The van der Waals surface area contributed by atoms with Gasteiger partial charge in [0.15, 0.2) is 0 Å². The highest BCUT2D eigenvalue weighted by Gasteiger charge is 2.27. The summed E-state index contributed by atoms with van der Waals surface area (Å²) in [7, 11) is -11.8. The zero-order valence-corrected chi connectivity index (χ0v) is 19.9. The van der Waals surface area contributed by atoms with Gasteiger partial charge in [-0.2, -0.15) is 16.8 Å². The first-order chi connectivity index (χ1) is 13.9. The predicted octanol–water partition coefficient (Wildman–Crippen LogP) is 5.02. The van der Waals surface area contributed by atoms with Crippen LogP contribution in [0.15, 0.2) is 46.2 Å². The van der Waals surface area contributed by atoms with E-state index in [9.17, 15) is 21.4 Å². The third kappa shape index (κ3) is 7.25. The van der Waals surface area contributed by atoms with Gasteiger partial charge in [0.2, 0.25) is 13.6 Å². The molecule has 0 aliphatic rings. The van der Waals surface area contributed by atoms with Crippen LogP contribution in [0.5, 0.6) is 0 Å². The fraction of sp³-hybridized carbons (Fsp3) is 0.143. The normalized spacial score (nSPS) is 12.1. The van der Waals surface area contributed by atoms with Gasteiger partial charge in [0, 0.05) is 14.6 Å². The Morgan fingerprint density at radius 2 is 1.07 bits per heavy atom.